The molecule has 3 rings (SSSR count). The predicted octanol–water partition coefficient (Wildman–Crippen LogP) is 3.41. The summed E-state index contributed by atoms with van der Waals surface area (Å²) >= 11 is 0. The van der Waals surface area contributed by atoms with E-state index in [9.17, 15) is 4.39 Å². The van der Waals surface area contributed by atoms with Crippen molar-refractivity contribution in [1.82, 2.24) is 4.98 Å². The number of fused-ring (bicyclic) bond motifs is 1. The van der Waals surface area contributed by atoms with Gasteiger partial charge in [0.2, 0.25) is 5.95 Å². The zero-order valence-corrected chi connectivity index (χ0v) is 10.8. The van der Waals surface area contributed by atoms with Gasteiger partial charge in [0.25, 0.3) is 6.85 Å². The van der Waals surface area contributed by atoms with E-state index in [1.165, 1.54) is 17.3 Å². The van der Waals surface area contributed by atoms with Gasteiger partial charge in [0, 0.05) is 18.4 Å². The Morgan fingerprint density at radius 3 is 2.84 bits per heavy atom. The Morgan fingerprint density at radius 2 is 2.05 bits per heavy atom. The van der Waals surface area contributed by atoms with Crippen molar-refractivity contribution in [1.29, 1.82) is 0 Å². The summed E-state index contributed by atoms with van der Waals surface area (Å²) < 4.78 is 12.8. The van der Waals surface area contributed by atoms with Crippen molar-refractivity contribution in [3.05, 3.63) is 65.6 Å². The molecule has 19 heavy (non-hydrogen) atoms. The second-order valence-corrected chi connectivity index (χ2v) is 4.78. The molecule has 2 aromatic rings. The molecule has 1 aliphatic rings. The van der Waals surface area contributed by atoms with E-state index < -0.39 is 5.95 Å². The second-order valence-electron chi connectivity index (χ2n) is 4.78. The summed E-state index contributed by atoms with van der Waals surface area (Å²) in [5, 5.41) is 0. The van der Waals surface area contributed by atoms with Crippen LogP contribution in [0.5, 0.6) is 0 Å². The average Bonchev–Trinajstić information content (AvgIpc) is 2.44. The first-order chi connectivity index (χ1) is 9.24. The Kier molecular flexibility index (Phi) is 3.07. The monoisotopic (exact) mass is 252 g/mol. The zero-order chi connectivity index (χ0) is 13.2. The average molecular weight is 252 g/mol. The minimum Gasteiger partial charge on any atom is -0.407 e. The number of hydrogen-bond donors (Lipinski definition) is 0. The van der Waals surface area contributed by atoms with Crippen LogP contribution in [0, 0.1) is 5.95 Å². The van der Waals surface area contributed by atoms with Crippen LogP contribution in [0.15, 0.2) is 48.6 Å². The van der Waals surface area contributed by atoms with E-state index in [-0.39, 0.29) is 0 Å². The third-order valence-corrected chi connectivity index (χ3v) is 3.43. The van der Waals surface area contributed by atoms with E-state index in [1.54, 1.807) is 12.3 Å². The number of nitrogens with zero attached hydrogens (tertiary/aromatic N) is 2. The predicted molar refractivity (Wildman–Crippen MR) is 77.5 cm³/mol. The normalized spacial score (nSPS) is 13.6. The topological polar surface area (TPSA) is 16.1 Å². The number of para-hydroxylation sites is 1. The van der Waals surface area contributed by atoms with Gasteiger partial charge in [0.15, 0.2) is 0 Å². The first kappa shape index (κ1) is 12.0. The maximum atomic E-state index is 12.8. The Balaban J connectivity index is 1.91. The molecule has 0 saturated heterocycles. The number of aromatic nitrogens is 1. The SMILES string of the molecule is CB1C=Cc2ccccc2N1Cc1ccc(F)nc1. The standard InChI is InChI=1S/C15H14BFN2/c1-16-9-8-13-4-2-3-5-14(13)19(16)11-12-6-7-15(17)18-10-12/h2-10H,11H2,1H3. The Hall–Kier alpha value is -2.10. The number of hydrogen-bond acceptors (Lipinski definition) is 2. The summed E-state index contributed by atoms with van der Waals surface area (Å²) in [6.07, 6.45) is 3.75. The van der Waals surface area contributed by atoms with E-state index in [1.807, 2.05) is 12.1 Å². The summed E-state index contributed by atoms with van der Waals surface area (Å²) in [7, 11) is 0. The van der Waals surface area contributed by atoms with E-state index in [4.69, 9.17) is 0 Å². The van der Waals surface area contributed by atoms with Crippen LogP contribution in [0.1, 0.15) is 11.1 Å². The minimum atomic E-state index is -0.435. The summed E-state index contributed by atoms with van der Waals surface area (Å²) in [4.78, 5) is 6.01. The molecule has 0 aliphatic carbocycles. The van der Waals surface area contributed by atoms with Gasteiger partial charge in [-0.25, -0.2) is 4.98 Å². The van der Waals surface area contributed by atoms with Gasteiger partial charge in [-0.15, -0.1) is 0 Å². The molecule has 0 spiro atoms. The first-order valence-corrected chi connectivity index (χ1v) is 6.38. The van der Waals surface area contributed by atoms with E-state index >= 15 is 0 Å². The van der Waals surface area contributed by atoms with Crippen molar-refractivity contribution < 1.29 is 4.39 Å². The summed E-state index contributed by atoms with van der Waals surface area (Å²) in [5.41, 5.74) is 3.44. The Labute approximate surface area is 112 Å². The van der Waals surface area contributed by atoms with Gasteiger partial charge < -0.3 is 4.81 Å². The molecule has 0 N–H and O–H groups in total. The third kappa shape index (κ3) is 2.39. The van der Waals surface area contributed by atoms with Gasteiger partial charge in [-0.3, -0.25) is 0 Å². The molecule has 2 nitrogen and oxygen atoms in total. The van der Waals surface area contributed by atoms with Crippen molar-refractivity contribution in [3.8, 4) is 0 Å². The number of rotatable bonds is 2. The maximum Gasteiger partial charge on any atom is 0.278 e. The van der Waals surface area contributed by atoms with Crippen molar-refractivity contribution >= 4 is 18.6 Å². The lowest BCUT2D eigenvalue weighted by atomic mass is 9.60. The van der Waals surface area contributed by atoms with Crippen LogP contribution < -0.4 is 4.81 Å². The minimum absolute atomic E-state index is 0.319. The molecule has 1 aliphatic heterocycles. The van der Waals surface area contributed by atoms with Crippen molar-refractivity contribution in [2.24, 2.45) is 0 Å². The number of benzene rings is 1. The van der Waals surface area contributed by atoms with Gasteiger partial charge in [0.1, 0.15) is 0 Å². The van der Waals surface area contributed by atoms with Crippen molar-refractivity contribution in [3.63, 3.8) is 0 Å². The van der Waals surface area contributed by atoms with Gasteiger partial charge in [-0.05, 0) is 23.3 Å². The highest BCUT2D eigenvalue weighted by Gasteiger charge is 2.21. The largest absolute Gasteiger partial charge is 0.407 e. The van der Waals surface area contributed by atoms with Crippen LogP contribution in [0.25, 0.3) is 6.08 Å². The molecule has 1 aromatic heterocycles. The molecule has 4 heteroatoms. The molecule has 0 radical (unpaired) electrons. The Bertz CT molecular complexity index is 610. The fraction of sp³-hybridized carbons (Fsp3) is 0.133. The second kappa shape index (κ2) is 4.88. The van der Waals surface area contributed by atoms with Gasteiger partial charge in [0.05, 0.1) is 0 Å². The van der Waals surface area contributed by atoms with Gasteiger partial charge >= 0.3 is 0 Å². The molecule has 0 fully saturated rings. The lowest BCUT2D eigenvalue weighted by molar-refractivity contribution is 0.582. The third-order valence-electron chi connectivity index (χ3n) is 3.43. The highest BCUT2D eigenvalue weighted by Crippen LogP contribution is 2.28. The van der Waals surface area contributed by atoms with E-state index in [0.717, 1.165) is 12.1 Å². The van der Waals surface area contributed by atoms with Crippen molar-refractivity contribution in [2.75, 3.05) is 4.81 Å². The van der Waals surface area contributed by atoms with Crippen LogP contribution in [-0.2, 0) is 6.54 Å². The molecule has 0 amide bonds. The highest BCUT2D eigenvalue weighted by atomic mass is 19.1. The summed E-state index contributed by atoms with van der Waals surface area (Å²) in [6, 6.07) is 11.5. The molecule has 0 atom stereocenters. The molecule has 94 valence electrons. The van der Waals surface area contributed by atoms with Crippen LogP contribution in [0.2, 0.25) is 6.82 Å². The molecule has 0 bridgehead atoms. The van der Waals surface area contributed by atoms with Crippen LogP contribution in [-0.4, -0.2) is 11.8 Å². The van der Waals surface area contributed by atoms with Crippen LogP contribution >= 0.6 is 0 Å². The van der Waals surface area contributed by atoms with Crippen LogP contribution in [0.4, 0.5) is 10.1 Å². The summed E-state index contributed by atoms with van der Waals surface area (Å²) in [5.74, 6) is 1.75. The molecular weight excluding hydrogens is 238 g/mol. The lowest BCUT2D eigenvalue weighted by Gasteiger charge is -2.32. The Morgan fingerprint density at radius 1 is 1.21 bits per heavy atom. The number of halogens is 1. The quantitative estimate of drug-likeness (QED) is 0.601. The molecule has 0 saturated carbocycles. The smallest absolute Gasteiger partial charge is 0.278 e. The fourth-order valence-electron chi connectivity index (χ4n) is 2.38. The summed E-state index contributed by atoms with van der Waals surface area (Å²) in [6.45, 7) is 3.21. The molecular formula is C15H14BFN2. The number of anilines is 1. The van der Waals surface area contributed by atoms with Crippen molar-refractivity contribution in [2.45, 2.75) is 13.4 Å². The molecule has 0 unspecified atom stereocenters. The maximum absolute atomic E-state index is 12.8. The van der Waals surface area contributed by atoms with E-state index in [2.05, 4.69) is 40.8 Å². The van der Waals surface area contributed by atoms with Crippen LogP contribution in [0.3, 0.4) is 0 Å². The highest BCUT2D eigenvalue weighted by molar-refractivity contribution is 6.68. The lowest BCUT2D eigenvalue weighted by Crippen LogP contribution is -2.37. The molecule has 2 heterocycles. The molecule has 1 aromatic carbocycles. The van der Waals surface area contributed by atoms with Gasteiger partial charge in [-0.2, -0.15) is 4.39 Å². The van der Waals surface area contributed by atoms with E-state index in [0.29, 0.717) is 6.85 Å². The number of pyridine rings is 1. The first-order valence-electron chi connectivity index (χ1n) is 6.38. The van der Waals surface area contributed by atoms with Gasteiger partial charge in [-0.1, -0.05) is 43.1 Å². The fourth-order valence-corrected chi connectivity index (χ4v) is 2.38. The zero-order valence-electron chi connectivity index (χ0n) is 10.8.